The zero-order valence-corrected chi connectivity index (χ0v) is 12.2. The van der Waals surface area contributed by atoms with Crippen molar-refractivity contribution in [3.05, 3.63) is 0 Å². The summed E-state index contributed by atoms with van der Waals surface area (Å²) >= 11 is 0. The Labute approximate surface area is 117 Å². The first kappa shape index (κ1) is 13.6. The molecule has 19 heavy (non-hydrogen) atoms. The molecule has 1 saturated heterocycles. The smallest absolute Gasteiger partial charge is 0.136 e. The highest BCUT2D eigenvalue weighted by atomic mass is 16.5. The van der Waals surface area contributed by atoms with Gasteiger partial charge in [0, 0.05) is 12.3 Å². The fraction of sp³-hybridized carbons (Fsp3) is 0.941. The number of Topliss-reactive ketones (excluding diaryl/α,β-unsaturated/α-hetero) is 1. The number of ketones is 1. The van der Waals surface area contributed by atoms with Crippen LogP contribution in [-0.4, -0.2) is 17.5 Å². The summed E-state index contributed by atoms with van der Waals surface area (Å²) in [6.07, 6.45) is 16.0. The molecule has 0 aromatic rings. The molecule has 0 aromatic heterocycles. The van der Waals surface area contributed by atoms with E-state index in [9.17, 15) is 4.79 Å². The molecule has 1 aliphatic heterocycles. The molecule has 3 fully saturated rings. The summed E-state index contributed by atoms with van der Waals surface area (Å²) in [4.78, 5) is 12.1. The summed E-state index contributed by atoms with van der Waals surface area (Å²) in [5.74, 6) is 0.830. The quantitative estimate of drug-likeness (QED) is 0.691. The molecule has 3 rings (SSSR count). The minimum atomic E-state index is 0.219. The predicted molar refractivity (Wildman–Crippen MR) is 76.1 cm³/mol. The fourth-order valence-electron chi connectivity index (χ4n) is 4.42. The van der Waals surface area contributed by atoms with E-state index < -0.39 is 0 Å². The molecule has 1 heterocycles. The van der Waals surface area contributed by atoms with E-state index in [4.69, 9.17) is 4.74 Å². The SMILES string of the molecule is O=C1CCCCCC1CC1CCC2(CCCCC2)O1. The molecule has 3 aliphatic rings. The van der Waals surface area contributed by atoms with Crippen molar-refractivity contribution in [3.8, 4) is 0 Å². The Morgan fingerprint density at radius 1 is 0.947 bits per heavy atom. The summed E-state index contributed by atoms with van der Waals surface area (Å²) in [5.41, 5.74) is 0.219. The molecule has 0 amide bonds. The second-order valence-corrected chi connectivity index (χ2v) is 7.02. The first-order chi connectivity index (χ1) is 9.27. The molecule has 0 bridgehead atoms. The number of carbonyl (C=O) groups excluding carboxylic acids is 1. The lowest BCUT2D eigenvalue weighted by molar-refractivity contribution is -0.125. The van der Waals surface area contributed by atoms with Gasteiger partial charge in [0.25, 0.3) is 0 Å². The van der Waals surface area contributed by atoms with Crippen LogP contribution in [0.5, 0.6) is 0 Å². The monoisotopic (exact) mass is 264 g/mol. The van der Waals surface area contributed by atoms with Crippen molar-refractivity contribution in [2.45, 2.75) is 95.2 Å². The maximum Gasteiger partial charge on any atom is 0.136 e. The summed E-state index contributed by atoms with van der Waals surface area (Å²) in [5, 5.41) is 0. The van der Waals surface area contributed by atoms with Gasteiger partial charge in [-0.2, -0.15) is 0 Å². The van der Waals surface area contributed by atoms with Gasteiger partial charge in [0.15, 0.2) is 0 Å². The highest BCUT2D eigenvalue weighted by Crippen LogP contribution is 2.43. The largest absolute Gasteiger partial charge is 0.372 e. The minimum absolute atomic E-state index is 0.219. The Morgan fingerprint density at radius 3 is 2.58 bits per heavy atom. The van der Waals surface area contributed by atoms with Crippen molar-refractivity contribution in [3.63, 3.8) is 0 Å². The van der Waals surface area contributed by atoms with Crippen LogP contribution in [0, 0.1) is 5.92 Å². The number of hydrogen-bond acceptors (Lipinski definition) is 2. The van der Waals surface area contributed by atoms with Crippen LogP contribution in [0.25, 0.3) is 0 Å². The fourth-order valence-corrected chi connectivity index (χ4v) is 4.42. The maximum atomic E-state index is 12.1. The van der Waals surface area contributed by atoms with Gasteiger partial charge < -0.3 is 4.74 Å². The van der Waals surface area contributed by atoms with Crippen molar-refractivity contribution in [2.24, 2.45) is 5.92 Å². The Morgan fingerprint density at radius 2 is 1.74 bits per heavy atom. The lowest BCUT2D eigenvalue weighted by atomic mass is 9.83. The molecule has 1 spiro atoms. The molecule has 2 nitrogen and oxygen atoms in total. The van der Waals surface area contributed by atoms with Crippen LogP contribution in [0.3, 0.4) is 0 Å². The highest BCUT2D eigenvalue weighted by molar-refractivity contribution is 5.81. The van der Waals surface area contributed by atoms with Crippen molar-refractivity contribution in [2.75, 3.05) is 0 Å². The summed E-state index contributed by atoms with van der Waals surface area (Å²) in [6.45, 7) is 0. The highest BCUT2D eigenvalue weighted by Gasteiger charge is 2.41. The molecule has 2 heteroatoms. The Balaban J connectivity index is 1.54. The molecule has 0 aromatic carbocycles. The van der Waals surface area contributed by atoms with Gasteiger partial charge in [-0.25, -0.2) is 0 Å². The topological polar surface area (TPSA) is 26.3 Å². The second-order valence-electron chi connectivity index (χ2n) is 7.02. The van der Waals surface area contributed by atoms with Gasteiger partial charge in [-0.3, -0.25) is 4.79 Å². The Bertz CT molecular complexity index is 317. The van der Waals surface area contributed by atoms with E-state index in [0.29, 0.717) is 17.8 Å². The van der Waals surface area contributed by atoms with E-state index >= 15 is 0 Å². The maximum absolute atomic E-state index is 12.1. The average Bonchev–Trinajstić information content (AvgIpc) is 2.68. The molecule has 0 N–H and O–H groups in total. The third-order valence-corrected chi connectivity index (χ3v) is 5.58. The third-order valence-electron chi connectivity index (χ3n) is 5.58. The first-order valence-corrected chi connectivity index (χ1v) is 8.48. The van der Waals surface area contributed by atoms with Crippen molar-refractivity contribution in [1.82, 2.24) is 0 Å². The van der Waals surface area contributed by atoms with Gasteiger partial charge in [0.1, 0.15) is 5.78 Å². The molecule has 108 valence electrons. The molecular weight excluding hydrogens is 236 g/mol. The molecule has 2 atom stereocenters. The van der Waals surface area contributed by atoms with Crippen molar-refractivity contribution >= 4 is 5.78 Å². The van der Waals surface area contributed by atoms with Gasteiger partial charge in [-0.05, 0) is 44.9 Å². The molecule has 0 radical (unpaired) electrons. The van der Waals surface area contributed by atoms with Gasteiger partial charge in [-0.15, -0.1) is 0 Å². The van der Waals surface area contributed by atoms with Crippen LogP contribution < -0.4 is 0 Å². The number of carbonyl (C=O) groups is 1. The normalized spacial score (nSPS) is 35.5. The van der Waals surface area contributed by atoms with E-state index in [2.05, 4.69) is 0 Å². The van der Waals surface area contributed by atoms with Crippen LogP contribution >= 0.6 is 0 Å². The van der Waals surface area contributed by atoms with E-state index in [0.717, 1.165) is 25.7 Å². The molecule has 2 saturated carbocycles. The standard InChI is InChI=1S/C17H28O2/c18-16-8-4-1-3-7-14(16)13-15-9-12-17(19-15)10-5-2-6-11-17/h14-15H,1-13H2. The van der Waals surface area contributed by atoms with E-state index in [1.165, 1.54) is 57.8 Å². The number of hydrogen-bond donors (Lipinski definition) is 0. The van der Waals surface area contributed by atoms with Crippen molar-refractivity contribution < 1.29 is 9.53 Å². The van der Waals surface area contributed by atoms with E-state index in [-0.39, 0.29) is 5.60 Å². The van der Waals surface area contributed by atoms with Gasteiger partial charge in [0.05, 0.1) is 11.7 Å². The second kappa shape index (κ2) is 5.95. The summed E-state index contributed by atoms with van der Waals surface area (Å²) in [6, 6.07) is 0. The molecule has 2 aliphatic carbocycles. The van der Waals surface area contributed by atoms with Crippen molar-refractivity contribution in [1.29, 1.82) is 0 Å². The number of ether oxygens (including phenoxy) is 1. The van der Waals surface area contributed by atoms with Crippen LogP contribution in [0.1, 0.15) is 83.5 Å². The van der Waals surface area contributed by atoms with E-state index in [1.807, 2.05) is 0 Å². The lowest BCUT2D eigenvalue weighted by Gasteiger charge is -2.33. The van der Waals surface area contributed by atoms with Gasteiger partial charge in [-0.1, -0.05) is 32.1 Å². The summed E-state index contributed by atoms with van der Waals surface area (Å²) < 4.78 is 6.43. The zero-order valence-electron chi connectivity index (χ0n) is 12.2. The van der Waals surface area contributed by atoms with Crippen LogP contribution in [0.4, 0.5) is 0 Å². The van der Waals surface area contributed by atoms with Crippen LogP contribution in [-0.2, 0) is 9.53 Å². The Kier molecular flexibility index (Phi) is 4.26. The molecular formula is C17H28O2. The van der Waals surface area contributed by atoms with Gasteiger partial charge >= 0.3 is 0 Å². The predicted octanol–water partition coefficient (Wildman–Crippen LogP) is 4.41. The zero-order chi connectivity index (χ0) is 13.1. The first-order valence-electron chi connectivity index (χ1n) is 8.48. The third kappa shape index (κ3) is 3.21. The Hall–Kier alpha value is -0.370. The van der Waals surface area contributed by atoms with Crippen LogP contribution in [0.2, 0.25) is 0 Å². The van der Waals surface area contributed by atoms with Crippen LogP contribution in [0.15, 0.2) is 0 Å². The molecule has 2 unspecified atom stereocenters. The van der Waals surface area contributed by atoms with Gasteiger partial charge in [0.2, 0.25) is 0 Å². The summed E-state index contributed by atoms with van der Waals surface area (Å²) in [7, 11) is 0. The minimum Gasteiger partial charge on any atom is -0.372 e. The lowest BCUT2D eigenvalue weighted by Crippen LogP contribution is -2.32. The number of rotatable bonds is 2. The average molecular weight is 264 g/mol. The van der Waals surface area contributed by atoms with E-state index in [1.54, 1.807) is 0 Å².